The number of fused-ring (bicyclic) bond motifs is 2. The Labute approximate surface area is 159 Å². The molecule has 148 valence electrons. The van der Waals surface area contributed by atoms with Crippen LogP contribution in [0.4, 0.5) is 24.8 Å². The lowest BCUT2D eigenvalue weighted by Gasteiger charge is -2.35. The van der Waals surface area contributed by atoms with Crippen molar-refractivity contribution in [1.29, 1.82) is 0 Å². The fourth-order valence-corrected chi connectivity index (χ4v) is 3.88. The second-order valence-electron chi connectivity index (χ2n) is 6.89. The fourth-order valence-electron chi connectivity index (χ4n) is 3.88. The Bertz CT molecular complexity index is 872. The lowest BCUT2D eigenvalue weighted by atomic mass is 10.1. The monoisotopic (exact) mass is 392 g/mol. The van der Waals surface area contributed by atoms with Crippen molar-refractivity contribution in [3.63, 3.8) is 0 Å². The van der Waals surface area contributed by atoms with Gasteiger partial charge in [0, 0.05) is 37.2 Å². The highest BCUT2D eigenvalue weighted by molar-refractivity contribution is 5.88. The minimum Gasteiger partial charge on any atom is -0.462 e. The summed E-state index contributed by atoms with van der Waals surface area (Å²) in [5.74, 6) is 0.0527. The van der Waals surface area contributed by atoms with Gasteiger partial charge in [0.05, 0.1) is 23.8 Å². The van der Waals surface area contributed by atoms with E-state index in [9.17, 15) is 18.0 Å². The molecule has 2 bridgehead atoms. The fraction of sp³-hybridized carbons (Fsp3) is 0.421. The van der Waals surface area contributed by atoms with Crippen molar-refractivity contribution in [1.82, 2.24) is 9.97 Å². The number of carbonyl (C=O) groups is 1. The number of anilines is 2. The average Bonchev–Trinajstić information content (AvgIpc) is 3.29. The van der Waals surface area contributed by atoms with E-state index in [4.69, 9.17) is 4.74 Å². The van der Waals surface area contributed by atoms with Crippen LogP contribution in [0.3, 0.4) is 0 Å². The van der Waals surface area contributed by atoms with E-state index in [1.165, 1.54) is 24.5 Å². The van der Waals surface area contributed by atoms with Crippen molar-refractivity contribution in [3.05, 3.63) is 47.8 Å². The number of hydrogen-bond donors (Lipinski definition) is 0. The van der Waals surface area contributed by atoms with Gasteiger partial charge in [0.1, 0.15) is 0 Å². The van der Waals surface area contributed by atoms with E-state index in [0.29, 0.717) is 30.3 Å². The molecule has 0 saturated carbocycles. The van der Waals surface area contributed by atoms with E-state index < -0.39 is 17.7 Å². The Hall–Kier alpha value is -2.84. The van der Waals surface area contributed by atoms with Crippen molar-refractivity contribution >= 4 is 17.6 Å². The van der Waals surface area contributed by atoms with E-state index in [-0.39, 0.29) is 18.7 Å². The summed E-state index contributed by atoms with van der Waals surface area (Å²) in [6.45, 7) is 3.24. The molecule has 2 atom stereocenters. The van der Waals surface area contributed by atoms with Crippen LogP contribution in [-0.4, -0.2) is 47.7 Å². The standard InChI is InChI=1S/C19H19F3N4O2/c1-2-28-17(27)12-8-23-18(24-9-12)26-11-15-7-16(26)10-25(15)14-5-3-4-13(6-14)19(20,21)22/h3-6,8-9,15-16H,2,7,10-11H2,1H3/t15-,16-/m1/s1. The van der Waals surface area contributed by atoms with Gasteiger partial charge in [0.15, 0.2) is 0 Å². The molecule has 9 heteroatoms. The maximum absolute atomic E-state index is 13.0. The Morgan fingerprint density at radius 1 is 1.18 bits per heavy atom. The molecular formula is C19H19F3N4O2. The molecule has 2 saturated heterocycles. The van der Waals surface area contributed by atoms with E-state index >= 15 is 0 Å². The molecule has 2 aliphatic rings. The molecule has 28 heavy (non-hydrogen) atoms. The summed E-state index contributed by atoms with van der Waals surface area (Å²) in [6, 6.07) is 5.66. The Morgan fingerprint density at radius 3 is 2.46 bits per heavy atom. The second kappa shape index (κ2) is 6.96. The van der Waals surface area contributed by atoms with Crippen molar-refractivity contribution in [2.45, 2.75) is 31.6 Å². The van der Waals surface area contributed by atoms with Gasteiger partial charge < -0.3 is 14.5 Å². The zero-order chi connectivity index (χ0) is 19.9. The summed E-state index contributed by atoms with van der Waals surface area (Å²) < 4.78 is 43.9. The number of piperazine rings is 1. The molecule has 0 unspecified atom stereocenters. The molecule has 2 fully saturated rings. The normalized spacial score (nSPS) is 21.3. The van der Waals surface area contributed by atoms with Crippen LogP contribution in [0.25, 0.3) is 0 Å². The first kappa shape index (κ1) is 18.5. The number of carbonyl (C=O) groups excluding carboxylic acids is 1. The van der Waals surface area contributed by atoms with E-state index in [1.54, 1.807) is 13.0 Å². The van der Waals surface area contributed by atoms with Crippen LogP contribution < -0.4 is 9.80 Å². The molecular weight excluding hydrogens is 373 g/mol. The Morgan fingerprint density at radius 2 is 1.86 bits per heavy atom. The van der Waals surface area contributed by atoms with Crippen LogP contribution >= 0.6 is 0 Å². The zero-order valence-electron chi connectivity index (χ0n) is 15.2. The molecule has 0 aliphatic carbocycles. The predicted molar refractivity (Wildman–Crippen MR) is 96.3 cm³/mol. The second-order valence-corrected chi connectivity index (χ2v) is 6.89. The molecule has 0 spiro atoms. The number of hydrogen-bond acceptors (Lipinski definition) is 6. The van der Waals surface area contributed by atoms with E-state index in [2.05, 4.69) is 9.97 Å². The number of benzene rings is 1. The van der Waals surface area contributed by atoms with Gasteiger partial charge >= 0.3 is 12.1 Å². The molecule has 0 amide bonds. The van der Waals surface area contributed by atoms with Crippen LogP contribution in [0.2, 0.25) is 0 Å². The third kappa shape index (κ3) is 3.36. The number of alkyl halides is 3. The van der Waals surface area contributed by atoms with Gasteiger partial charge in [-0.1, -0.05) is 6.07 Å². The largest absolute Gasteiger partial charge is 0.462 e. The van der Waals surface area contributed by atoms with Crippen molar-refractivity contribution in [2.75, 3.05) is 29.5 Å². The molecule has 6 nitrogen and oxygen atoms in total. The number of ether oxygens (including phenoxy) is 1. The summed E-state index contributed by atoms with van der Waals surface area (Å²) in [5, 5.41) is 0. The average molecular weight is 392 g/mol. The first-order valence-corrected chi connectivity index (χ1v) is 9.06. The van der Waals surface area contributed by atoms with Crippen LogP contribution in [0, 0.1) is 0 Å². The molecule has 2 aromatic rings. The van der Waals surface area contributed by atoms with Crippen LogP contribution in [0.15, 0.2) is 36.7 Å². The smallest absolute Gasteiger partial charge is 0.416 e. The minimum absolute atomic E-state index is 0.0989. The van der Waals surface area contributed by atoms with Gasteiger partial charge in [-0.25, -0.2) is 14.8 Å². The van der Waals surface area contributed by atoms with Gasteiger partial charge in [-0.3, -0.25) is 0 Å². The molecule has 0 radical (unpaired) electrons. The molecule has 3 heterocycles. The van der Waals surface area contributed by atoms with Crippen molar-refractivity contribution < 1.29 is 22.7 Å². The van der Waals surface area contributed by atoms with Crippen LogP contribution in [0.5, 0.6) is 0 Å². The summed E-state index contributed by atoms with van der Waals surface area (Å²) in [5.41, 5.74) is 0.239. The Kier molecular flexibility index (Phi) is 4.60. The number of nitrogens with zero attached hydrogens (tertiary/aromatic N) is 4. The quantitative estimate of drug-likeness (QED) is 0.745. The maximum Gasteiger partial charge on any atom is 0.416 e. The third-order valence-corrected chi connectivity index (χ3v) is 5.15. The number of esters is 1. The van der Waals surface area contributed by atoms with Crippen molar-refractivity contribution in [2.24, 2.45) is 0 Å². The minimum atomic E-state index is -4.35. The molecule has 4 rings (SSSR count). The van der Waals surface area contributed by atoms with Gasteiger partial charge in [-0.2, -0.15) is 13.2 Å². The molecule has 1 aromatic carbocycles. The SMILES string of the molecule is CCOC(=O)c1cnc(N2C[C@H]3C[C@@H]2CN3c2cccc(C(F)(F)F)c2)nc1. The Balaban J connectivity index is 1.47. The molecule has 2 aliphatic heterocycles. The predicted octanol–water partition coefficient (Wildman–Crippen LogP) is 3.14. The van der Waals surface area contributed by atoms with Crippen LogP contribution in [-0.2, 0) is 10.9 Å². The summed E-state index contributed by atoms with van der Waals surface area (Å²) in [4.78, 5) is 24.3. The van der Waals surface area contributed by atoms with Gasteiger partial charge in [-0.15, -0.1) is 0 Å². The molecule has 0 N–H and O–H groups in total. The first-order valence-electron chi connectivity index (χ1n) is 9.06. The van der Waals surface area contributed by atoms with Crippen molar-refractivity contribution in [3.8, 4) is 0 Å². The lowest BCUT2D eigenvalue weighted by Crippen LogP contribution is -2.47. The maximum atomic E-state index is 13.0. The van der Waals surface area contributed by atoms with Gasteiger partial charge in [0.25, 0.3) is 0 Å². The molecule has 1 aromatic heterocycles. The lowest BCUT2D eigenvalue weighted by molar-refractivity contribution is -0.137. The summed E-state index contributed by atoms with van der Waals surface area (Å²) in [7, 11) is 0. The van der Waals surface area contributed by atoms with Crippen LogP contribution in [0.1, 0.15) is 29.3 Å². The number of halogens is 3. The highest BCUT2D eigenvalue weighted by Gasteiger charge is 2.44. The summed E-state index contributed by atoms with van der Waals surface area (Å²) in [6.07, 6.45) is -0.637. The summed E-state index contributed by atoms with van der Waals surface area (Å²) >= 11 is 0. The van der Waals surface area contributed by atoms with E-state index in [1.807, 2.05) is 9.80 Å². The van der Waals surface area contributed by atoms with Gasteiger partial charge in [0.2, 0.25) is 5.95 Å². The number of rotatable bonds is 4. The first-order chi connectivity index (χ1) is 13.4. The highest BCUT2D eigenvalue weighted by Crippen LogP contribution is 2.38. The zero-order valence-corrected chi connectivity index (χ0v) is 15.2. The van der Waals surface area contributed by atoms with E-state index in [0.717, 1.165) is 12.5 Å². The number of aromatic nitrogens is 2. The highest BCUT2D eigenvalue weighted by atomic mass is 19.4. The third-order valence-electron chi connectivity index (χ3n) is 5.15. The topological polar surface area (TPSA) is 58.6 Å². The van der Waals surface area contributed by atoms with Gasteiger partial charge in [-0.05, 0) is 31.5 Å².